The summed E-state index contributed by atoms with van der Waals surface area (Å²) in [5.74, 6) is 0.537. The van der Waals surface area contributed by atoms with Crippen molar-refractivity contribution < 1.29 is 18.5 Å². The first-order valence-electron chi connectivity index (χ1n) is 9.43. The first kappa shape index (κ1) is 19.2. The highest BCUT2D eigenvalue weighted by atomic mass is 19.4. The van der Waals surface area contributed by atoms with Crippen LogP contribution < -0.4 is 15.5 Å². The minimum Gasteiger partial charge on any atom is -0.360 e. The van der Waals surface area contributed by atoms with Crippen molar-refractivity contribution in [3.63, 3.8) is 0 Å². The largest absolute Gasteiger partial charge is 0.416 e. The summed E-state index contributed by atoms with van der Waals surface area (Å²) in [6.07, 6.45) is -3.28. The van der Waals surface area contributed by atoms with Crippen LogP contribution in [0.1, 0.15) is 5.56 Å². The van der Waals surface area contributed by atoms with Crippen LogP contribution in [0, 0.1) is 0 Å². The van der Waals surface area contributed by atoms with Gasteiger partial charge in [0.05, 0.1) is 37.4 Å². The summed E-state index contributed by atoms with van der Waals surface area (Å²) in [6.45, 7) is 4.15. The van der Waals surface area contributed by atoms with Crippen LogP contribution in [-0.2, 0) is 6.18 Å². The van der Waals surface area contributed by atoms with E-state index in [0.29, 0.717) is 5.82 Å². The topological polar surface area (TPSA) is 57.7 Å². The average Bonchev–Trinajstić information content (AvgIpc) is 2.74. The molecule has 1 aliphatic heterocycles. The maximum atomic E-state index is 12.9. The molecule has 3 aromatic rings. The lowest BCUT2D eigenvalue weighted by atomic mass is 10.1. The zero-order chi connectivity index (χ0) is 20.3. The van der Waals surface area contributed by atoms with Crippen LogP contribution in [0.3, 0.4) is 0 Å². The van der Waals surface area contributed by atoms with Crippen LogP contribution in [0.25, 0.3) is 11.3 Å². The van der Waals surface area contributed by atoms with Crippen LogP contribution in [0.15, 0.2) is 60.8 Å². The van der Waals surface area contributed by atoms with Gasteiger partial charge in [-0.1, -0.05) is 18.2 Å². The highest BCUT2D eigenvalue weighted by Gasteiger charge is 2.30. The number of benzene rings is 1. The van der Waals surface area contributed by atoms with Crippen molar-refractivity contribution in [3.8, 4) is 11.3 Å². The molecule has 2 aromatic heterocycles. The molecule has 1 fully saturated rings. The Bertz CT molecular complexity index is 984. The molecule has 3 N–H and O–H groups in total. The van der Waals surface area contributed by atoms with Crippen molar-refractivity contribution in [3.05, 3.63) is 66.4 Å². The number of nitrogens with one attached hydrogen (secondary N) is 1. The normalized spacial score (nSPS) is 14.7. The molecule has 4 rings (SSSR count). The van der Waals surface area contributed by atoms with Gasteiger partial charge >= 0.3 is 6.18 Å². The van der Waals surface area contributed by atoms with Gasteiger partial charge < -0.3 is 15.5 Å². The predicted octanol–water partition coefficient (Wildman–Crippen LogP) is 3.29. The standard InChI is InChI=1S/C21H20F3N5/c22-21(23,24)16-7-8-26-20(14-16)28-19-6-2-5-18(27-19)15-3-1-4-17(13-15)29-11-9-25-10-12-29/h1-8,13-14,25H,9-12H2,(H,26,27,28)/p+1. The SMILES string of the molecule is FC(F)(F)c1ccnc(Nc2cccc(-c3cccc(N4CC[NH2+]CC4)c3)n2)c1. The molecule has 0 unspecified atom stereocenters. The Hall–Kier alpha value is -3.13. The molecule has 1 aromatic carbocycles. The van der Waals surface area contributed by atoms with Crippen molar-refractivity contribution in [2.45, 2.75) is 6.18 Å². The van der Waals surface area contributed by atoms with E-state index in [2.05, 4.69) is 37.6 Å². The summed E-state index contributed by atoms with van der Waals surface area (Å²) < 4.78 is 38.7. The van der Waals surface area contributed by atoms with Crippen LogP contribution in [0.5, 0.6) is 0 Å². The molecule has 150 valence electrons. The van der Waals surface area contributed by atoms with E-state index in [1.165, 1.54) is 0 Å². The fraction of sp³-hybridized carbons (Fsp3) is 0.238. The number of pyridine rings is 2. The van der Waals surface area contributed by atoms with Crippen molar-refractivity contribution in [1.29, 1.82) is 0 Å². The number of anilines is 3. The summed E-state index contributed by atoms with van der Waals surface area (Å²) in [5, 5.41) is 5.17. The molecule has 1 saturated heterocycles. The summed E-state index contributed by atoms with van der Waals surface area (Å²) in [5.41, 5.74) is 2.10. The van der Waals surface area contributed by atoms with Gasteiger partial charge in [0.2, 0.25) is 0 Å². The Morgan fingerprint density at radius 2 is 1.72 bits per heavy atom. The van der Waals surface area contributed by atoms with Gasteiger partial charge in [0.1, 0.15) is 11.6 Å². The van der Waals surface area contributed by atoms with E-state index in [4.69, 9.17) is 0 Å². The molecule has 0 spiro atoms. The highest BCUT2D eigenvalue weighted by molar-refractivity contribution is 5.68. The Morgan fingerprint density at radius 1 is 0.931 bits per heavy atom. The van der Waals surface area contributed by atoms with E-state index in [0.717, 1.165) is 61.5 Å². The molecule has 0 amide bonds. The quantitative estimate of drug-likeness (QED) is 0.706. The number of rotatable bonds is 4. The van der Waals surface area contributed by atoms with Gasteiger partial charge in [0, 0.05) is 17.4 Å². The number of quaternary nitrogens is 1. The third kappa shape index (κ3) is 4.65. The third-order valence-electron chi connectivity index (χ3n) is 4.81. The van der Waals surface area contributed by atoms with Crippen molar-refractivity contribution >= 4 is 17.3 Å². The lowest BCUT2D eigenvalue weighted by Crippen LogP contribution is -2.89. The molecule has 0 radical (unpaired) electrons. The molecule has 1 aliphatic rings. The smallest absolute Gasteiger partial charge is 0.360 e. The molecule has 8 heteroatoms. The van der Waals surface area contributed by atoms with Gasteiger partial charge in [-0.05, 0) is 36.4 Å². The Kier molecular flexibility index (Phi) is 5.35. The lowest BCUT2D eigenvalue weighted by molar-refractivity contribution is -0.655. The second-order valence-electron chi connectivity index (χ2n) is 6.86. The minimum atomic E-state index is -4.42. The number of piperazine rings is 1. The maximum Gasteiger partial charge on any atom is 0.416 e. The van der Waals surface area contributed by atoms with Crippen molar-refractivity contribution in [1.82, 2.24) is 9.97 Å². The second kappa shape index (κ2) is 8.08. The number of alkyl halides is 3. The molecular weight excluding hydrogens is 379 g/mol. The van der Waals surface area contributed by atoms with E-state index >= 15 is 0 Å². The lowest BCUT2D eigenvalue weighted by Gasteiger charge is -2.27. The van der Waals surface area contributed by atoms with E-state index in [-0.39, 0.29) is 5.82 Å². The van der Waals surface area contributed by atoms with Gasteiger partial charge in [-0.2, -0.15) is 13.2 Å². The van der Waals surface area contributed by atoms with Crippen LogP contribution >= 0.6 is 0 Å². The summed E-state index contributed by atoms with van der Waals surface area (Å²) in [7, 11) is 0. The summed E-state index contributed by atoms with van der Waals surface area (Å²) in [4.78, 5) is 10.9. The Balaban J connectivity index is 1.56. The molecule has 3 heterocycles. The van der Waals surface area contributed by atoms with Gasteiger partial charge in [0.25, 0.3) is 0 Å². The summed E-state index contributed by atoms with van der Waals surface area (Å²) >= 11 is 0. The molecule has 5 nitrogen and oxygen atoms in total. The molecule has 0 atom stereocenters. The molecule has 0 bridgehead atoms. The van der Waals surface area contributed by atoms with Crippen LogP contribution in [-0.4, -0.2) is 36.1 Å². The zero-order valence-electron chi connectivity index (χ0n) is 15.7. The fourth-order valence-corrected chi connectivity index (χ4v) is 3.34. The maximum absolute atomic E-state index is 12.9. The van der Waals surface area contributed by atoms with E-state index in [1.54, 1.807) is 6.07 Å². The van der Waals surface area contributed by atoms with Gasteiger partial charge in [-0.3, -0.25) is 0 Å². The number of hydrogen-bond acceptors (Lipinski definition) is 4. The Morgan fingerprint density at radius 3 is 2.52 bits per heavy atom. The molecular formula is C21H21F3N5+. The van der Waals surface area contributed by atoms with Crippen LogP contribution in [0.4, 0.5) is 30.5 Å². The second-order valence-corrected chi connectivity index (χ2v) is 6.86. The first-order valence-corrected chi connectivity index (χ1v) is 9.43. The third-order valence-corrected chi connectivity index (χ3v) is 4.81. The minimum absolute atomic E-state index is 0.0998. The highest BCUT2D eigenvalue weighted by Crippen LogP contribution is 2.31. The molecule has 29 heavy (non-hydrogen) atoms. The van der Waals surface area contributed by atoms with E-state index in [9.17, 15) is 13.2 Å². The monoisotopic (exact) mass is 400 g/mol. The number of aromatic nitrogens is 2. The van der Waals surface area contributed by atoms with Crippen LogP contribution in [0.2, 0.25) is 0 Å². The number of nitrogens with two attached hydrogens (primary N) is 1. The summed E-state index contributed by atoms with van der Waals surface area (Å²) in [6, 6.07) is 15.5. The predicted molar refractivity (Wildman–Crippen MR) is 106 cm³/mol. The number of nitrogens with zero attached hydrogens (tertiary/aromatic N) is 3. The van der Waals surface area contributed by atoms with Gasteiger partial charge in [-0.25, -0.2) is 9.97 Å². The fourth-order valence-electron chi connectivity index (χ4n) is 3.34. The first-order chi connectivity index (χ1) is 14.0. The van der Waals surface area contributed by atoms with Gasteiger partial charge in [-0.15, -0.1) is 0 Å². The molecule has 0 saturated carbocycles. The van der Waals surface area contributed by atoms with Crippen molar-refractivity contribution in [2.75, 3.05) is 36.4 Å². The Labute approximate surface area is 166 Å². The number of halogens is 3. The zero-order valence-corrected chi connectivity index (χ0v) is 15.7. The van der Waals surface area contributed by atoms with Gasteiger partial charge in [0.15, 0.2) is 0 Å². The average molecular weight is 400 g/mol. The van der Waals surface area contributed by atoms with Crippen molar-refractivity contribution in [2.24, 2.45) is 0 Å². The van der Waals surface area contributed by atoms with E-state index < -0.39 is 11.7 Å². The van der Waals surface area contributed by atoms with E-state index in [1.807, 2.05) is 24.3 Å². The molecule has 0 aliphatic carbocycles. The number of hydrogen-bond donors (Lipinski definition) is 2.